The minimum absolute atomic E-state index is 0.0838. The maximum Gasteiger partial charge on any atom is 0.228 e. The Labute approximate surface area is 186 Å². The first-order valence-corrected chi connectivity index (χ1v) is 11.2. The Morgan fingerprint density at radius 3 is 2.80 bits per heavy atom. The van der Waals surface area contributed by atoms with Crippen molar-refractivity contribution in [2.24, 2.45) is 7.05 Å². The van der Waals surface area contributed by atoms with Gasteiger partial charge in [0.15, 0.2) is 4.77 Å². The number of carbonyl (C=O) groups is 1. The predicted octanol–water partition coefficient (Wildman–Crippen LogP) is 4.26. The van der Waals surface area contributed by atoms with Gasteiger partial charge in [-0.3, -0.25) is 4.79 Å². The summed E-state index contributed by atoms with van der Waals surface area (Å²) in [6, 6.07) is 4.89. The smallest absolute Gasteiger partial charge is 0.228 e. The normalized spacial score (nSPS) is 19.1. The highest BCUT2D eigenvalue weighted by Crippen LogP contribution is 2.36. The van der Waals surface area contributed by atoms with Crippen molar-refractivity contribution in [2.75, 3.05) is 20.3 Å². The molecule has 0 N–H and O–H groups in total. The zero-order chi connectivity index (χ0) is 21.4. The molecule has 1 atom stereocenters. The van der Waals surface area contributed by atoms with Crippen LogP contribution in [-0.2, 0) is 36.0 Å². The maximum atomic E-state index is 14.3. The molecule has 1 fully saturated rings. The molecule has 5 nitrogen and oxygen atoms in total. The maximum absolute atomic E-state index is 14.3. The lowest BCUT2D eigenvalue weighted by atomic mass is 9.93. The lowest BCUT2D eigenvalue weighted by Crippen LogP contribution is -2.41. The third kappa shape index (κ3) is 4.07. The van der Waals surface area contributed by atoms with Crippen molar-refractivity contribution < 1.29 is 13.9 Å². The number of hydrogen-bond donors (Lipinski definition) is 0. The molecular formula is C22H27ClFN3O2S. The van der Waals surface area contributed by atoms with E-state index >= 15 is 0 Å². The van der Waals surface area contributed by atoms with Gasteiger partial charge >= 0.3 is 0 Å². The van der Waals surface area contributed by atoms with Gasteiger partial charge < -0.3 is 18.8 Å². The van der Waals surface area contributed by atoms with Crippen LogP contribution in [0.3, 0.4) is 0 Å². The van der Waals surface area contributed by atoms with E-state index in [0.717, 1.165) is 42.0 Å². The minimum atomic E-state index is -0.246. The van der Waals surface area contributed by atoms with Crippen LogP contribution in [0.4, 0.5) is 4.39 Å². The first-order valence-electron chi connectivity index (χ1n) is 10.4. The summed E-state index contributed by atoms with van der Waals surface area (Å²) >= 11 is 11.7. The number of nitrogens with zero attached hydrogens (tertiary/aromatic N) is 3. The average Bonchev–Trinajstić information content (AvgIpc) is 3.25. The van der Waals surface area contributed by atoms with Crippen molar-refractivity contribution in [3.05, 3.63) is 50.8 Å². The van der Waals surface area contributed by atoms with Crippen LogP contribution in [0, 0.1) is 10.6 Å². The summed E-state index contributed by atoms with van der Waals surface area (Å²) in [5.74, 6) is -0.0539. The van der Waals surface area contributed by atoms with E-state index in [-0.39, 0.29) is 23.7 Å². The molecule has 2 aliphatic heterocycles. The number of likely N-dealkylation sites (N-methyl/N-ethyl adjacent to an activating group) is 1. The zero-order valence-electron chi connectivity index (χ0n) is 17.4. The van der Waals surface area contributed by atoms with Crippen molar-refractivity contribution >= 4 is 29.7 Å². The van der Waals surface area contributed by atoms with E-state index in [9.17, 15) is 9.18 Å². The van der Waals surface area contributed by atoms with Gasteiger partial charge in [0.2, 0.25) is 5.91 Å². The molecule has 2 aromatic rings. The molecule has 0 bridgehead atoms. The van der Waals surface area contributed by atoms with Gasteiger partial charge in [0.25, 0.3) is 0 Å². The van der Waals surface area contributed by atoms with Gasteiger partial charge in [0.05, 0.1) is 6.42 Å². The minimum Gasteiger partial charge on any atom is -0.381 e. The highest BCUT2D eigenvalue weighted by atomic mass is 35.5. The third-order valence-corrected chi connectivity index (χ3v) is 7.25. The summed E-state index contributed by atoms with van der Waals surface area (Å²) < 4.78 is 24.5. The van der Waals surface area contributed by atoms with Crippen molar-refractivity contribution in [1.82, 2.24) is 14.0 Å². The van der Waals surface area contributed by atoms with Gasteiger partial charge in [-0.05, 0) is 61.7 Å². The quantitative estimate of drug-likeness (QED) is 0.638. The van der Waals surface area contributed by atoms with E-state index in [0.29, 0.717) is 36.6 Å². The van der Waals surface area contributed by atoms with Crippen LogP contribution in [-0.4, -0.2) is 46.2 Å². The molecule has 1 saturated heterocycles. The Hall–Kier alpha value is -1.70. The molecule has 3 heterocycles. The monoisotopic (exact) mass is 451 g/mol. The lowest BCUT2D eigenvalue weighted by Gasteiger charge is -2.31. The molecule has 1 unspecified atom stereocenters. The first-order chi connectivity index (χ1) is 14.4. The highest BCUT2D eigenvalue weighted by Gasteiger charge is 2.32. The number of halogens is 2. The van der Waals surface area contributed by atoms with Crippen LogP contribution in [0.5, 0.6) is 0 Å². The largest absolute Gasteiger partial charge is 0.381 e. The van der Waals surface area contributed by atoms with E-state index in [1.165, 1.54) is 6.07 Å². The second kappa shape index (κ2) is 8.81. The Balaban J connectivity index is 1.59. The van der Waals surface area contributed by atoms with Gasteiger partial charge in [0.1, 0.15) is 5.82 Å². The van der Waals surface area contributed by atoms with Crippen molar-refractivity contribution in [3.8, 4) is 0 Å². The number of fused-ring (bicyclic) bond motifs is 1. The molecule has 0 spiro atoms. The number of ether oxygens (including phenoxy) is 1. The van der Waals surface area contributed by atoms with Gasteiger partial charge in [-0.2, -0.15) is 0 Å². The summed E-state index contributed by atoms with van der Waals surface area (Å²) in [4.78, 5) is 14.9. The average molecular weight is 452 g/mol. The Kier molecular flexibility index (Phi) is 6.32. The number of hydrogen-bond acceptors (Lipinski definition) is 3. The number of rotatable bonds is 5. The molecule has 8 heteroatoms. The molecule has 4 rings (SSSR count). The Bertz CT molecular complexity index is 1010. The number of benzene rings is 1. The highest BCUT2D eigenvalue weighted by molar-refractivity contribution is 7.71. The molecule has 0 radical (unpaired) electrons. The molecule has 0 aliphatic carbocycles. The van der Waals surface area contributed by atoms with E-state index in [4.69, 9.17) is 28.6 Å². The van der Waals surface area contributed by atoms with Crippen LogP contribution in [0.1, 0.15) is 42.1 Å². The lowest BCUT2D eigenvalue weighted by molar-refractivity contribution is -0.133. The second-order valence-corrected chi connectivity index (χ2v) is 9.08. The summed E-state index contributed by atoms with van der Waals surface area (Å²) in [6.07, 6.45) is 3.45. The standard InChI is InChI=1S/C22H27ClFN3O2S/c1-25(17-6-9-29-10-7-17)20(28)13-19-21-14(5-8-27(21)22(30)26(19)2)11-15-12-16(23)3-4-18(15)24/h3-4,12,14,17H,5-11,13H2,1-2H3. The fraction of sp³-hybridized carbons (Fsp3) is 0.545. The van der Waals surface area contributed by atoms with Crippen molar-refractivity contribution in [2.45, 2.75) is 50.6 Å². The van der Waals surface area contributed by atoms with Crippen LogP contribution in [0.15, 0.2) is 18.2 Å². The van der Waals surface area contributed by atoms with Gasteiger partial charge in [-0.25, -0.2) is 4.39 Å². The molecule has 1 aromatic carbocycles. The van der Waals surface area contributed by atoms with Crippen molar-refractivity contribution in [3.63, 3.8) is 0 Å². The SMILES string of the molecule is CN(C(=O)Cc1c2n(c(=S)n1C)CCC2Cc1cc(Cl)ccc1F)C1CCOCC1. The summed E-state index contributed by atoms with van der Waals surface area (Å²) in [7, 11) is 3.80. The van der Waals surface area contributed by atoms with Crippen LogP contribution >= 0.6 is 23.8 Å². The number of amides is 1. The van der Waals surface area contributed by atoms with E-state index in [1.807, 2.05) is 23.6 Å². The molecular weight excluding hydrogens is 425 g/mol. The Morgan fingerprint density at radius 2 is 2.07 bits per heavy atom. The third-order valence-electron chi connectivity index (χ3n) is 6.52. The van der Waals surface area contributed by atoms with Gasteiger partial charge in [-0.15, -0.1) is 0 Å². The number of imidazole rings is 1. The Morgan fingerprint density at radius 1 is 1.33 bits per heavy atom. The van der Waals surface area contributed by atoms with Gasteiger partial charge in [-0.1, -0.05) is 11.6 Å². The number of aromatic nitrogens is 2. The summed E-state index contributed by atoms with van der Waals surface area (Å²) in [5.41, 5.74) is 2.61. The fourth-order valence-electron chi connectivity index (χ4n) is 4.74. The van der Waals surface area contributed by atoms with Gasteiger partial charge in [0, 0.05) is 62.2 Å². The van der Waals surface area contributed by atoms with E-state index < -0.39 is 0 Å². The molecule has 2 aliphatic rings. The first kappa shape index (κ1) is 21.5. The topological polar surface area (TPSA) is 39.4 Å². The van der Waals surface area contributed by atoms with E-state index in [1.54, 1.807) is 12.1 Å². The van der Waals surface area contributed by atoms with Crippen LogP contribution in [0.2, 0.25) is 5.02 Å². The summed E-state index contributed by atoms with van der Waals surface area (Å²) in [6.45, 7) is 2.18. The molecule has 30 heavy (non-hydrogen) atoms. The molecule has 162 valence electrons. The van der Waals surface area contributed by atoms with E-state index in [2.05, 4.69) is 4.57 Å². The van der Waals surface area contributed by atoms with Crippen LogP contribution in [0.25, 0.3) is 0 Å². The summed E-state index contributed by atoms with van der Waals surface area (Å²) in [5, 5.41) is 0.530. The zero-order valence-corrected chi connectivity index (χ0v) is 18.9. The fourth-order valence-corrected chi connectivity index (χ4v) is 5.23. The predicted molar refractivity (Wildman–Crippen MR) is 117 cm³/mol. The molecule has 1 amide bonds. The van der Waals surface area contributed by atoms with Crippen molar-refractivity contribution in [1.29, 1.82) is 0 Å². The number of carbonyl (C=O) groups excluding carboxylic acids is 1. The molecule has 0 saturated carbocycles. The van der Waals surface area contributed by atoms with Crippen LogP contribution < -0.4 is 0 Å². The molecule has 1 aromatic heterocycles. The second-order valence-electron chi connectivity index (χ2n) is 8.28.